The number of carbonyl (C=O) groups excluding carboxylic acids is 2. The minimum Gasteiger partial charge on any atom is -0.465 e. The molecule has 0 fully saturated rings. The maximum absolute atomic E-state index is 12.6. The topological polar surface area (TPSA) is 55.8 Å². The molecular formula is C20H22BrNO4. The highest BCUT2D eigenvalue weighted by atomic mass is 79.9. The highest BCUT2D eigenvalue weighted by Gasteiger charge is 2.29. The third-order valence-corrected chi connectivity index (χ3v) is 4.58. The summed E-state index contributed by atoms with van der Waals surface area (Å²) < 4.78 is 10.8. The third-order valence-electron chi connectivity index (χ3n) is 4.12. The fraction of sp³-hybridized carbons (Fsp3) is 0.300. The van der Waals surface area contributed by atoms with Gasteiger partial charge in [0.2, 0.25) is 0 Å². The van der Waals surface area contributed by atoms with E-state index in [0.717, 1.165) is 34.1 Å². The number of rotatable bonds is 5. The van der Waals surface area contributed by atoms with E-state index < -0.39 is 11.9 Å². The van der Waals surface area contributed by atoms with Gasteiger partial charge in [0.25, 0.3) is 0 Å². The standard InChI is InChI=1S/C20H22BrNO4/c1-5-13-11-15(21)12-14(6-2)17(13)22-10-8-7-9-16(19(23)25-3)18(22)20(24)26-4/h7-12H,5-6H2,1-4H3. The molecular weight excluding hydrogens is 398 g/mol. The van der Waals surface area contributed by atoms with E-state index in [-0.39, 0.29) is 11.3 Å². The van der Waals surface area contributed by atoms with Gasteiger partial charge in [-0.1, -0.05) is 35.9 Å². The van der Waals surface area contributed by atoms with E-state index in [4.69, 9.17) is 9.47 Å². The molecule has 0 saturated heterocycles. The van der Waals surface area contributed by atoms with Crippen LogP contribution in [0.2, 0.25) is 0 Å². The highest BCUT2D eigenvalue weighted by molar-refractivity contribution is 9.10. The molecule has 2 rings (SSSR count). The van der Waals surface area contributed by atoms with Crippen molar-refractivity contribution < 1.29 is 19.1 Å². The van der Waals surface area contributed by atoms with Crippen LogP contribution in [0, 0.1) is 0 Å². The number of benzene rings is 1. The molecule has 0 aliphatic carbocycles. The van der Waals surface area contributed by atoms with Crippen LogP contribution in [-0.2, 0) is 31.9 Å². The third kappa shape index (κ3) is 3.90. The minimum atomic E-state index is -0.603. The molecule has 5 nitrogen and oxygen atoms in total. The van der Waals surface area contributed by atoms with E-state index >= 15 is 0 Å². The van der Waals surface area contributed by atoms with Crippen molar-refractivity contribution in [2.24, 2.45) is 0 Å². The number of ether oxygens (including phenoxy) is 2. The molecule has 0 N–H and O–H groups in total. The average molecular weight is 420 g/mol. The molecule has 1 aromatic rings. The normalized spacial score (nSPS) is 13.7. The Hall–Kier alpha value is -2.34. The molecule has 0 spiro atoms. The van der Waals surface area contributed by atoms with Crippen molar-refractivity contribution in [2.45, 2.75) is 26.7 Å². The molecule has 0 radical (unpaired) electrons. The minimum absolute atomic E-state index is 0.135. The summed E-state index contributed by atoms with van der Waals surface area (Å²) in [7, 11) is 2.58. The van der Waals surface area contributed by atoms with Crippen LogP contribution >= 0.6 is 15.9 Å². The zero-order valence-corrected chi connectivity index (χ0v) is 16.9. The summed E-state index contributed by atoms with van der Waals surface area (Å²) >= 11 is 3.55. The Balaban J connectivity index is 2.82. The first-order valence-electron chi connectivity index (χ1n) is 8.34. The average Bonchev–Trinajstić information content (AvgIpc) is 2.88. The van der Waals surface area contributed by atoms with Crippen LogP contribution in [-0.4, -0.2) is 26.2 Å². The Morgan fingerprint density at radius 3 is 2.08 bits per heavy atom. The second-order valence-corrected chi connectivity index (χ2v) is 6.51. The van der Waals surface area contributed by atoms with Crippen LogP contribution in [0.15, 0.2) is 52.3 Å². The largest absolute Gasteiger partial charge is 0.465 e. The van der Waals surface area contributed by atoms with E-state index in [2.05, 4.69) is 15.9 Å². The lowest BCUT2D eigenvalue weighted by atomic mass is 10.0. The molecule has 1 aromatic carbocycles. The van der Waals surface area contributed by atoms with Gasteiger partial charge in [-0.05, 0) is 48.3 Å². The van der Waals surface area contributed by atoms with Crippen molar-refractivity contribution in [2.75, 3.05) is 19.1 Å². The smallest absolute Gasteiger partial charge is 0.355 e. The van der Waals surface area contributed by atoms with Crippen molar-refractivity contribution in [1.82, 2.24) is 0 Å². The van der Waals surface area contributed by atoms with Gasteiger partial charge in [-0.25, -0.2) is 9.59 Å². The highest BCUT2D eigenvalue weighted by Crippen LogP contribution is 2.35. The van der Waals surface area contributed by atoms with Crippen LogP contribution in [0.3, 0.4) is 0 Å². The summed E-state index contributed by atoms with van der Waals surface area (Å²) in [6.07, 6.45) is 8.33. The van der Waals surface area contributed by atoms with Crippen molar-refractivity contribution in [3.05, 3.63) is 63.4 Å². The number of halogens is 1. The van der Waals surface area contributed by atoms with E-state index in [1.54, 1.807) is 29.3 Å². The lowest BCUT2D eigenvalue weighted by Gasteiger charge is -2.28. The molecule has 138 valence electrons. The van der Waals surface area contributed by atoms with E-state index in [1.807, 2.05) is 26.0 Å². The first-order valence-corrected chi connectivity index (χ1v) is 9.14. The number of hydrogen-bond acceptors (Lipinski definition) is 5. The zero-order valence-electron chi connectivity index (χ0n) is 15.3. The summed E-state index contributed by atoms with van der Waals surface area (Å²) in [5, 5.41) is 0. The van der Waals surface area contributed by atoms with Crippen LogP contribution in [0.4, 0.5) is 5.69 Å². The monoisotopic (exact) mass is 419 g/mol. The summed E-state index contributed by atoms with van der Waals surface area (Å²) in [5.74, 6) is -1.20. The molecule has 6 heteroatoms. The zero-order chi connectivity index (χ0) is 19.3. The molecule has 1 heterocycles. The number of esters is 2. The lowest BCUT2D eigenvalue weighted by molar-refractivity contribution is -0.139. The van der Waals surface area contributed by atoms with Gasteiger partial charge in [-0.15, -0.1) is 0 Å². The summed E-state index contributed by atoms with van der Waals surface area (Å²) in [6.45, 7) is 4.10. The van der Waals surface area contributed by atoms with E-state index in [0.29, 0.717) is 0 Å². The van der Waals surface area contributed by atoms with Crippen molar-refractivity contribution in [3.8, 4) is 0 Å². The lowest BCUT2D eigenvalue weighted by Crippen LogP contribution is -2.28. The summed E-state index contributed by atoms with van der Waals surface area (Å²) in [6, 6.07) is 4.04. The quantitative estimate of drug-likeness (QED) is 0.673. The number of carbonyl (C=O) groups is 2. The second-order valence-electron chi connectivity index (χ2n) is 5.60. The number of nitrogens with zero attached hydrogens (tertiary/aromatic N) is 1. The van der Waals surface area contributed by atoms with Crippen LogP contribution in [0.1, 0.15) is 25.0 Å². The number of hydrogen-bond donors (Lipinski definition) is 0. The van der Waals surface area contributed by atoms with Gasteiger partial charge in [-0.2, -0.15) is 0 Å². The second kappa shape index (κ2) is 8.85. The fourth-order valence-electron chi connectivity index (χ4n) is 2.90. The van der Waals surface area contributed by atoms with Gasteiger partial charge >= 0.3 is 11.9 Å². The van der Waals surface area contributed by atoms with Gasteiger partial charge in [0.05, 0.1) is 25.5 Å². The molecule has 0 aromatic heterocycles. The predicted octanol–water partition coefficient (Wildman–Crippen LogP) is 4.06. The van der Waals surface area contributed by atoms with E-state index in [1.165, 1.54) is 14.2 Å². The predicted molar refractivity (Wildman–Crippen MR) is 105 cm³/mol. The van der Waals surface area contributed by atoms with Crippen LogP contribution in [0.5, 0.6) is 0 Å². The molecule has 0 unspecified atom stereocenters. The maximum Gasteiger partial charge on any atom is 0.355 e. The van der Waals surface area contributed by atoms with Crippen molar-refractivity contribution in [3.63, 3.8) is 0 Å². The molecule has 0 bridgehead atoms. The van der Waals surface area contributed by atoms with Crippen molar-refractivity contribution >= 4 is 33.6 Å². The Labute approximate surface area is 162 Å². The van der Waals surface area contributed by atoms with Gasteiger partial charge < -0.3 is 14.4 Å². The fourth-order valence-corrected chi connectivity index (χ4v) is 3.46. The number of aryl methyl sites for hydroxylation is 2. The first-order chi connectivity index (χ1) is 12.5. The molecule has 0 amide bonds. The van der Waals surface area contributed by atoms with Crippen LogP contribution < -0.4 is 4.90 Å². The summed E-state index contributed by atoms with van der Waals surface area (Å²) in [5.41, 5.74) is 3.26. The number of anilines is 1. The molecule has 26 heavy (non-hydrogen) atoms. The number of methoxy groups -OCH3 is 2. The van der Waals surface area contributed by atoms with Gasteiger partial charge in [-0.3, -0.25) is 0 Å². The van der Waals surface area contributed by atoms with Gasteiger partial charge in [0, 0.05) is 10.7 Å². The maximum atomic E-state index is 12.6. The molecule has 0 atom stereocenters. The summed E-state index contributed by atoms with van der Waals surface area (Å²) in [4.78, 5) is 26.6. The first kappa shape index (κ1) is 20.0. The van der Waals surface area contributed by atoms with Gasteiger partial charge in [0.1, 0.15) is 5.70 Å². The van der Waals surface area contributed by atoms with Gasteiger partial charge in [0.15, 0.2) is 0 Å². The Morgan fingerprint density at radius 2 is 1.58 bits per heavy atom. The number of allylic oxidation sites excluding steroid dienone is 2. The molecule has 1 aliphatic rings. The van der Waals surface area contributed by atoms with Crippen molar-refractivity contribution in [1.29, 1.82) is 0 Å². The Morgan fingerprint density at radius 1 is 1.00 bits per heavy atom. The van der Waals surface area contributed by atoms with Crippen LogP contribution in [0.25, 0.3) is 0 Å². The Kier molecular flexibility index (Phi) is 6.80. The molecule has 1 aliphatic heterocycles. The molecule has 0 saturated carbocycles. The SMILES string of the molecule is CCc1cc(Br)cc(CC)c1N1C=CC=CC(C(=O)OC)=C1C(=O)OC. The van der Waals surface area contributed by atoms with E-state index in [9.17, 15) is 9.59 Å². The Bertz CT molecular complexity index is 783.